The first-order valence-electron chi connectivity index (χ1n) is 6.82. The summed E-state index contributed by atoms with van der Waals surface area (Å²) in [6.07, 6.45) is 2.61. The SMILES string of the molecule is CC(NCC1CCCN(C)C1)c1ccc(F)cc1. The molecule has 2 rings (SSSR count). The molecule has 2 nitrogen and oxygen atoms in total. The highest BCUT2D eigenvalue weighted by atomic mass is 19.1. The quantitative estimate of drug-likeness (QED) is 0.884. The van der Waals surface area contributed by atoms with Crippen LogP contribution in [0.15, 0.2) is 24.3 Å². The first-order valence-corrected chi connectivity index (χ1v) is 6.82. The van der Waals surface area contributed by atoms with Gasteiger partial charge >= 0.3 is 0 Å². The van der Waals surface area contributed by atoms with Crippen LogP contribution in [0.3, 0.4) is 0 Å². The molecule has 2 atom stereocenters. The zero-order valence-corrected chi connectivity index (χ0v) is 11.3. The first kappa shape index (κ1) is 13.5. The minimum atomic E-state index is -0.167. The summed E-state index contributed by atoms with van der Waals surface area (Å²) in [5.74, 6) is 0.575. The van der Waals surface area contributed by atoms with E-state index in [1.165, 1.54) is 38.1 Å². The number of nitrogens with zero attached hydrogens (tertiary/aromatic N) is 1. The van der Waals surface area contributed by atoms with Crippen LogP contribution in [0.1, 0.15) is 31.4 Å². The van der Waals surface area contributed by atoms with Gasteiger partial charge in [-0.25, -0.2) is 4.39 Å². The maximum atomic E-state index is 12.8. The highest BCUT2D eigenvalue weighted by molar-refractivity contribution is 5.19. The molecule has 1 N–H and O–H groups in total. The van der Waals surface area contributed by atoms with Gasteiger partial charge in [0.05, 0.1) is 0 Å². The summed E-state index contributed by atoms with van der Waals surface area (Å²) < 4.78 is 12.8. The Bertz CT molecular complexity index is 363. The molecule has 1 aromatic rings. The molecule has 1 aliphatic rings. The van der Waals surface area contributed by atoms with Crippen LogP contribution in [0, 0.1) is 11.7 Å². The Balaban J connectivity index is 1.80. The molecule has 0 saturated carbocycles. The van der Waals surface area contributed by atoms with E-state index in [1.54, 1.807) is 0 Å². The minimum absolute atomic E-state index is 0.167. The van der Waals surface area contributed by atoms with Gasteiger partial charge in [0.25, 0.3) is 0 Å². The molecule has 1 saturated heterocycles. The van der Waals surface area contributed by atoms with Crippen LogP contribution in [-0.2, 0) is 0 Å². The number of nitrogens with one attached hydrogen (secondary N) is 1. The number of hydrogen-bond acceptors (Lipinski definition) is 2. The third-order valence-corrected chi connectivity index (χ3v) is 3.80. The van der Waals surface area contributed by atoms with Crippen LogP contribution in [0.4, 0.5) is 4.39 Å². The van der Waals surface area contributed by atoms with Gasteiger partial charge < -0.3 is 10.2 Å². The lowest BCUT2D eigenvalue weighted by Gasteiger charge is -2.30. The molecule has 0 bridgehead atoms. The van der Waals surface area contributed by atoms with Crippen molar-refractivity contribution in [2.45, 2.75) is 25.8 Å². The van der Waals surface area contributed by atoms with Gasteiger partial charge in [0.2, 0.25) is 0 Å². The molecule has 18 heavy (non-hydrogen) atoms. The third-order valence-electron chi connectivity index (χ3n) is 3.80. The minimum Gasteiger partial charge on any atom is -0.310 e. The summed E-state index contributed by atoms with van der Waals surface area (Å²) in [4.78, 5) is 2.40. The fourth-order valence-electron chi connectivity index (χ4n) is 2.65. The number of halogens is 1. The molecule has 0 amide bonds. The second-order valence-electron chi connectivity index (χ2n) is 5.45. The van der Waals surface area contributed by atoms with Crippen LogP contribution in [0.25, 0.3) is 0 Å². The highest BCUT2D eigenvalue weighted by Gasteiger charge is 2.17. The zero-order chi connectivity index (χ0) is 13.0. The fourth-order valence-corrected chi connectivity index (χ4v) is 2.65. The molecule has 0 aliphatic carbocycles. The van der Waals surface area contributed by atoms with E-state index < -0.39 is 0 Å². The molecule has 1 aliphatic heterocycles. The van der Waals surface area contributed by atoms with Gasteiger partial charge in [-0.1, -0.05) is 12.1 Å². The Morgan fingerprint density at radius 3 is 2.78 bits per heavy atom. The maximum Gasteiger partial charge on any atom is 0.123 e. The molecular formula is C15H23FN2. The van der Waals surface area contributed by atoms with Gasteiger partial charge in [0.1, 0.15) is 5.82 Å². The summed E-state index contributed by atoms with van der Waals surface area (Å²) in [7, 11) is 2.19. The van der Waals surface area contributed by atoms with Crippen molar-refractivity contribution >= 4 is 0 Å². The molecule has 100 valence electrons. The number of hydrogen-bond donors (Lipinski definition) is 1. The van der Waals surface area contributed by atoms with Gasteiger partial charge in [0.15, 0.2) is 0 Å². The molecule has 2 unspecified atom stereocenters. The van der Waals surface area contributed by atoms with E-state index in [2.05, 4.69) is 24.2 Å². The van der Waals surface area contributed by atoms with Crippen molar-refractivity contribution in [3.05, 3.63) is 35.6 Å². The largest absolute Gasteiger partial charge is 0.310 e. The maximum absolute atomic E-state index is 12.8. The average molecular weight is 250 g/mol. The van der Waals surface area contributed by atoms with Gasteiger partial charge in [-0.15, -0.1) is 0 Å². The average Bonchev–Trinajstić information content (AvgIpc) is 2.37. The number of benzene rings is 1. The van der Waals surface area contributed by atoms with Crippen LogP contribution in [-0.4, -0.2) is 31.6 Å². The normalized spacial score (nSPS) is 22.9. The molecule has 0 radical (unpaired) electrons. The second kappa shape index (κ2) is 6.30. The van der Waals surface area contributed by atoms with E-state index in [4.69, 9.17) is 0 Å². The van der Waals surface area contributed by atoms with E-state index in [0.717, 1.165) is 18.0 Å². The Kier molecular flexibility index (Phi) is 4.72. The van der Waals surface area contributed by atoms with Crippen molar-refractivity contribution in [2.75, 3.05) is 26.7 Å². The first-order chi connectivity index (χ1) is 8.65. The summed E-state index contributed by atoms with van der Waals surface area (Å²) in [5, 5.41) is 3.56. The molecule has 1 aromatic carbocycles. The molecule has 3 heteroatoms. The van der Waals surface area contributed by atoms with Crippen LogP contribution < -0.4 is 5.32 Å². The van der Waals surface area contributed by atoms with E-state index in [1.807, 2.05) is 12.1 Å². The van der Waals surface area contributed by atoms with Crippen molar-refractivity contribution in [2.24, 2.45) is 5.92 Å². The standard InChI is InChI=1S/C15H23FN2/c1-12(14-5-7-15(16)8-6-14)17-10-13-4-3-9-18(2)11-13/h5-8,12-13,17H,3-4,9-11H2,1-2H3. The van der Waals surface area contributed by atoms with Crippen molar-refractivity contribution in [3.63, 3.8) is 0 Å². The predicted molar refractivity (Wildman–Crippen MR) is 73.0 cm³/mol. The second-order valence-corrected chi connectivity index (χ2v) is 5.45. The highest BCUT2D eigenvalue weighted by Crippen LogP contribution is 2.17. The van der Waals surface area contributed by atoms with Crippen LogP contribution in [0.2, 0.25) is 0 Å². The van der Waals surface area contributed by atoms with Gasteiger partial charge in [-0.05, 0) is 63.5 Å². The Morgan fingerprint density at radius 1 is 1.39 bits per heavy atom. The lowest BCUT2D eigenvalue weighted by Crippen LogP contribution is -2.37. The van der Waals surface area contributed by atoms with E-state index in [0.29, 0.717) is 0 Å². The van der Waals surface area contributed by atoms with Gasteiger partial charge in [-0.3, -0.25) is 0 Å². The Labute approximate surface area is 109 Å². The van der Waals surface area contributed by atoms with E-state index in [9.17, 15) is 4.39 Å². The lowest BCUT2D eigenvalue weighted by atomic mass is 9.97. The Hall–Kier alpha value is -0.930. The molecule has 1 heterocycles. The molecule has 1 fully saturated rings. The smallest absolute Gasteiger partial charge is 0.123 e. The van der Waals surface area contributed by atoms with Crippen molar-refractivity contribution in [3.8, 4) is 0 Å². The van der Waals surface area contributed by atoms with Crippen molar-refractivity contribution < 1.29 is 4.39 Å². The zero-order valence-electron chi connectivity index (χ0n) is 11.3. The molecule has 0 aromatic heterocycles. The van der Waals surface area contributed by atoms with Crippen molar-refractivity contribution in [1.29, 1.82) is 0 Å². The summed E-state index contributed by atoms with van der Waals surface area (Å²) in [6.45, 7) is 5.59. The monoisotopic (exact) mass is 250 g/mol. The van der Waals surface area contributed by atoms with Crippen molar-refractivity contribution in [1.82, 2.24) is 10.2 Å². The third kappa shape index (κ3) is 3.79. The van der Waals surface area contributed by atoms with Crippen LogP contribution in [0.5, 0.6) is 0 Å². The van der Waals surface area contributed by atoms with Gasteiger partial charge in [0, 0.05) is 12.6 Å². The Morgan fingerprint density at radius 2 is 2.11 bits per heavy atom. The fraction of sp³-hybridized carbons (Fsp3) is 0.600. The molecule has 0 spiro atoms. The number of likely N-dealkylation sites (tertiary alicyclic amines) is 1. The van der Waals surface area contributed by atoms with E-state index >= 15 is 0 Å². The van der Waals surface area contributed by atoms with Crippen LogP contribution >= 0.6 is 0 Å². The number of piperidine rings is 1. The number of rotatable bonds is 4. The topological polar surface area (TPSA) is 15.3 Å². The summed E-state index contributed by atoms with van der Waals surface area (Å²) >= 11 is 0. The lowest BCUT2D eigenvalue weighted by molar-refractivity contribution is 0.203. The summed E-state index contributed by atoms with van der Waals surface area (Å²) in [6, 6.07) is 7.07. The van der Waals surface area contributed by atoms with E-state index in [-0.39, 0.29) is 11.9 Å². The predicted octanol–water partition coefficient (Wildman–Crippen LogP) is 2.82. The molecular weight excluding hydrogens is 227 g/mol. The summed E-state index contributed by atoms with van der Waals surface area (Å²) in [5.41, 5.74) is 1.15. The van der Waals surface area contributed by atoms with Gasteiger partial charge in [-0.2, -0.15) is 0 Å².